The molecule has 1 aliphatic carbocycles. The molecule has 168 valence electrons. The Kier molecular flexibility index (Phi) is 5.90. The number of carbonyl (C=O) groups excluding carboxylic acids is 1. The first-order valence-corrected chi connectivity index (χ1v) is 12.2. The molecule has 6 rings (SSSR count). The van der Waals surface area contributed by atoms with Gasteiger partial charge in [0.25, 0.3) is 0 Å². The van der Waals surface area contributed by atoms with Crippen LogP contribution in [0.2, 0.25) is 0 Å². The van der Waals surface area contributed by atoms with Crippen molar-refractivity contribution in [1.82, 2.24) is 10.2 Å². The quantitative estimate of drug-likeness (QED) is 0.661. The molecule has 1 N–H and O–H groups in total. The van der Waals surface area contributed by atoms with E-state index in [1.54, 1.807) is 0 Å². The Morgan fingerprint density at radius 3 is 2.47 bits per heavy atom. The summed E-state index contributed by atoms with van der Waals surface area (Å²) in [5, 5.41) is 3.28. The SMILES string of the molecule is CC(C)CC[C@@H]1C2C=NC3(C(=O)NCc4ccccc4)C(C2)CN(Cc2ccccc2)C13. The van der Waals surface area contributed by atoms with Crippen LogP contribution in [0.4, 0.5) is 0 Å². The number of rotatable bonds is 8. The zero-order chi connectivity index (χ0) is 22.1. The molecule has 1 saturated carbocycles. The molecule has 1 saturated heterocycles. The molecule has 4 aliphatic rings. The number of likely N-dealkylation sites (tertiary alicyclic amines) is 1. The smallest absolute Gasteiger partial charge is 0.250 e. The second kappa shape index (κ2) is 8.82. The van der Waals surface area contributed by atoms with Crippen molar-refractivity contribution in [2.24, 2.45) is 28.7 Å². The van der Waals surface area contributed by atoms with Gasteiger partial charge in [-0.25, -0.2) is 0 Å². The van der Waals surface area contributed by atoms with Gasteiger partial charge < -0.3 is 5.32 Å². The predicted molar refractivity (Wildman–Crippen MR) is 129 cm³/mol. The van der Waals surface area contributed by atoms with Gasteiger partial charge in [-0.15, -0.1) is 0 Å². The van der Waals surface area contributed by atoms with Crippen LogP contribution in [0.3, 0.4) is 0 Å². The molecule has 1 amide bonds. The van der Waals surface area contributed by atoms with E-state index in [0.717, 1.165) is 25.1 Å². The fourth-order valence-electron chi connectivity index (χ4n) is 6.39. The second-order valence-electron chi connectivity index (χ2n) is 10.4. The van der Waals surface area contributed by atoms with Crippen LogP contribution in [-0.4, -0.2) is 35.1 Å². The van der Waals surface area contributed by atoms with Gasteiger partial charge in [0.1, 0.15) is 0 Å². The zero-order valence-electron chi connectivity index (χ0n) is 19.3. The highest BCUT2D eigenvalue weighted by molar-refractivity contribution is 5.92. The standard InChI is InChI=1S/C28H35N3O/c1-20(2)13-14-25-23-15-24-19-31(18-22-11-7-4-8-12-22)26(25)28(24,30-17-23)27(32)29-16-21-9-5-3-6-10-21/h3-12,17,20,23-26H,13-16,18-19H2,1-2H3,(H,29,32)/t23?,24?,25-,26?,28?/m1/s1. The van der Waals surface area contributed by atoms with Crippen LogP contribution in [-0.2, 0) is 17.9 Å². The van der Waals surface area contributed by atoms with Gasteiger partial charge in [0.15, 0.2) is 5.54 Å². The Labute approximate surface area is 192 Å². The maximum atomic E-state index is 13.8. The van der Waals surface area contributed by atoms with E-state index in [4.69, 9.17) is 4.99 Å². The fourth-order valence-corrected chi connectivity index (χ4v) is 6.39. The van der Waals surface area contributed by atoms with Crippen molar-refractivity contribution in [3.63, 3.8) is 0 Å². The lowest BCUT2D eigenvalue weighted by Gasteiger charge is -2.51. The number of carbonyl (C=O) groups is 1. The predicted octanol–water partition coefficient (Wildman–Crippen LogP) is 4.70. The summed E-state index contributed by atoms with van der Waals surface area (Å²) in [5.74, 6) is 2.11. The molecule has 3 aliphatic heterocycles. The van der Waals surface area contributed by atoms with Crippen LogP contribution >= 0.6 is 0 Å². The average molecular weight is 430 g/mol. The summed E-state index contributed by atoms with van der Waals surface area (Å²) in [6.45, 7) is 7.03. The molecule has 4 nitrogen and oxygen atoms in total. The number of hydrogen-bond donors (Lipinski definition) is 1. The molecular formula is C28H35N3O. The number of aliphatic imine (C=N–C) groups is 1. The number of hydrogen-bond acceptors (Lipinski definition) is 3. The molecule has 32 heavy (non-hydrogen) atoms. The first-order chi connectivity index (χ1) is 15.6. The van der Waals surface area contributed by atoms with Crippen molar-refractivity contribution in [3.8, 4) is 0 Å². The van der Waals surface area contributed by atoms with Gasteiger partial charge in [0.05, 0.1) is 0 Å². The highest BCUT2D eigenvalue weighted by Gasteiger charge is 2.67. The Morgan fingerprint density at radius 1 is 1.09 bits per heavy atom. The van der Waals surface area contributed by atoms with Crippen molar-refractivity contribution >= 4 is 12.1 Å². The molecule has 4 bridgehead atoms. The maximum absolute atomic E-state index is 13.8. The highest BCUT2D eigenvalue weighted by Crippen LogP contribution is 2.55. The molecular weight excluding hydrogens is 394 g/mol. The number of nitrogens with one attached hydrogen (secondary N) is 1. The second-order valence-corrected chi connectivity index (χ2v) is 10.4. The number of nitrogens with zero attached hydrogens (tertiary/aromatic N) is 2. The minimum absolute atomic E-state index is 0.121. The summed E-state index contributed by atoms with van der Waals surface area (Å²) in [5.41, 5.74) is 1.82. The van der Waals surface area contributed by atoms with Gasteiger partial charge in [-0.2, -0.15) is 0 Å². The topological polar surface area (TPSA) is 44.7 Å². The van der Waals surface area contributed by atoms with E-state index in [9.17, 15) is 4.79 Å². The average Bonchev–Trinajstić information content (AvgIpc) is 3.06. The van der Waals surface area contributed by atoms with Crippen LogP contribution in [0.15, 0.2) is 65.7 Å². The van der Waals surface area contributed by atoms with Crippen LogP contribution in [0.25, 0.3) is 0 Å². The first-order valence-electron chi connectivity index (χ1n) is 12.2. The van der Waals surface area contributed by atoms with E-state index < -0.39 is 5.54 Å². The van der Waals surface area contributed by atoms with Crippen LogP contribution in [0.5, 0.6) is 0 Å². The monoisotopic (exact) mass is 429 g/mol. The molecule has 4 unspecified atom stereocenters. The molecule has 0 aromatic heterocycles. The van der Waals surface area contributed by atoms with Gasteiger partial charge >= 0.3 is 0 Å². The van der Waals surface area contributed by atoms with E-state index in [1.807, 2.05) is 18.2 Å². The Hall–Kier alpha value is -2.46. The van der Waals surface area contributed by atoms with Crippen molar-refractivity contribution in [2.45, 2.75) is 57.8 Å². The Morgan fingerprint density at radius 2 is 1.78 bits per heavy atom. The van der Waals surface area contributed by atoms with Crippen LogP contribution in [0, 0.1) is 23.7 Å². The third-order valence-corrected chi connectivity index (χ3v) is 7.88. The Bertz CT molecular complexity index is 957. The van der Waals surface area contributed by atoms with Crippen molar-refractivity contribution in [2.75, 3.05) is 6.54 Å². The summed E-state index contributed by atoms with van der Waals surface area (Å²) < 4.78 is 0. The lowest BCUT2D eigenvalue weighted by atomic mass is 9.60. The maximum Gasteiger partial charge on any atom is 0.250 e. The van der Waals surface area contributed by atoms with Crippen LogP contribution < -0.4 is 5.32 Å². The summed E-state index contributed by atoms with van der Waals surface area (Å²) in [6, 6.07) is 21.1. The van der Waals surface area contributed by atoms with Gasteiger partial charge in [-0.3, -0.25) is 14.7 Å². The van der Waals surface area contributed by atoms with E-state index in [0.29, 0.717) is 30.2 Å². The van der Waals surface area contributed by atoms with Gasteiger partial charge in [-0.05, 0) is 41.7 Å². The minimum atomic E-state index is -0.639. The molecule has 5 atom stereocenters. The van der Waals surface area contributed by atoms with E-state index in [-0.39, 0.29) is 11.9 Å². The third-order valence-electron chi connectivity index (χ3n) is 7.88. The molecule has 0 spiro atoms. The highest BCUT2D eigenvalue weighted by atomic mass is 16.2. The first kappa shape index (κ1) is 21.4. The molecule has 2 fully saturated rings. The number of benzene rings is 2. The summed E-state index contributed by atoms with van der Waals surface area (Å²) in [6.07, 6.45) is 5.61. The van der Waals surface area contributed by atoms with E-state index >= 15 is 0 Å². The summed E-state index contributed by atoms with van der Waals surface area (Å²) in [4.78, 5) is 21.5. The summed E-state index contributed by atoms with van der Waals surface area (Å²) >= 11 is 0. The van der Waals surface area contributed by atoms with Crippen molar-refractivity contribution < 1.29 is 4.79 Å². The molecule has 4 heteroatoms. The molecule has 0 radical (unpaired) electrons. The molecule has 2 aromatic carbocycles. The van der Waals surface area contributed by atoms with E-state index in [1.165, 1.54) is 18.4 Å². The van der Waals surface area contributed by atoms with E-state index in [2.05, 4.69) is 72.7 Å². The summed E-state index contributed by atoms with van der Waals surface area (Å²) in [7, 11) is 0. The van der Waals surface area contributed by atoms with Gasteiger partial charge in [0, 0.05) is 37.8 Å². The van der Waals surface area contributed by atoms with Gasteiger partial charge in [0.2, 0.25) is 5.91 Å². The normalized spacial score (nSPS) is 30.7. The third kappa shape index (κ3) is 3.79. The Balaban J connectivity index is 1.43. The lowest BCUT2D eigenvalue weighted by Crippen LogP contribution is -2.65. The molecule has 3 heterocycles. The largest absolute Gasteiger partial charge is 0.350 e. The minimum Gasteiger partial charge on any atom is -0.350 e. The number of amides is 1. The van der Waals surface area contributed by atoms with Gasteiger partial charge in [-0.1, -0.05) is 80.9 Å². The fraction of sp³-hybridized carbons (Fsp3) is 0.500. The van der Waals surface area contributed by atoms with Crippen molar-refractivity contribution in [3.05, 3.63) is 71.8 Å². The lowest BCUT2D eigenvalue weighted by molar-refractivity contribution is -0.132. The molecule has 2 aromatic rings. The van der Waals surface area contributed by atoms with Crippen molar-refractivity contribution in [1.29, 1.82) is 0 Å². The zero-order valence-corrected chi connectivity index (χ0v) is 19.3. The van der Waals surface area contributed by atoms with Crippen LogP contribution in [0.1, 0.15) is 44.2 Å².